The van der Waals surface area contributed by atoms with Crippen LogP contribution in [0.5, 0.6) is 0 Å². The third-order valence-electron chi connectivity index (χ3n) is 4.89. The summed E-state index contributed by atoms with van der Waals surface area (Å²) < 4.78 is 1.07. The zero-order valence-electron chi connectivity index (χ0n) is 15.8. The van der Waals surface area contributed by atoms with Crippen LogP contribution in [-0.2, 0) is 0 Å². The topological polar surface area (TPSA) is 99.7 Å². The normalized spacial score (nSPS) is 13.9. The van der Waals surface area contributed by atoms with Gasteiger partial charge in [-0.15, -0.1) is 0 Å². The Morgan fingerprint density at radius 2 is 1.97 bits per heavy atom. The van der Waals surface area contributed by atoms with E-state index in [1.165, 1.54) is 30.2 Å². The lowest BCUT2D eigenvalue weighted by molar-refractivity contribution is 0.889. The van der Waals surface area contributed by atoms with Crippen molar-refractivity contribution in [3.8, 4) is 11.3 Å². The van der Waals surface area contributed by atoms with Gasteiger partial charge >= 0.3 is 0 Å². The Morgan fingerprint density at radius 1 is 1.14 bits per heavy atom. The van der Waals surface area contributed by atoms with Crippen molar-refractivity contribution >= 4 is 38.6 Å². The largest absolute Gasteiger partial charge is 0.341 e. The third-order valence-corrected chi connectivity index (χ3v) is 5.84. The SMILES string of the molecule is Cc1nc(N2CCCC2)ncc1-c1cc(=O)[nH]c(Nc2nc3ccccc3s2)n1. The highest BCUT2D eigenvalue weighted by Gasteiger charge is 2.17. The Kier molecular flexibility index (Phi) is 4.44. The fourth-order valence-electron chi connectivity index (χ4n) is 3.46. The first kappa shape index (κ1) is 17.7. The summed E-state index contributed by atoms with van der Waals surface area (Å²) in [6.45, 7) is 3.89. The number of thiazole rings is 1. The number of aromatic amines is 1. The Balaban J connectivity index is 1.46. The lowest BCUT2D eigenvalue weighted by Crippen LogP contribution is -2.20. The molecule has 1 fully saturated rings. The third kappa shape index (κ3) is 3.56. The monoisotopic (exact) mass is 405 g/mol. The van der Waals surface area contributed by atoms with Crippen molar-refractivity contribution in [1.29, 1.82) is 0 Å². The van der Waals surface area contributed by atoms with E-state index in [4.69, 9.17) is 0 Å². The molecule has 1 aromatic carbocycles. The van der Waals surface area contributed by atoms with Crippen LogP contribution in [0.25, 0.3) is 21.5 Å². The Labute approximate surface area is 170 Å². The van der Waals surface area contributed by atoms with Crippen LogP contribution in [0.1, 0.15) is 18.5 Å². The van der Waals surface area contributed by atoms with E-state index in [2.05, 4.69) is 35.1 Å². The van der Waals surface area contributed by atoms with Crippen LogP contribution >= 0.6 is 11.3 Å². The minimum atomic E-state index is -0.248. The quantitative estimate of drug-likeness (QED) is 0.536. The molecule has 0 spiro atoms. The molecule has 1 aliphatic heterocycles. The number of aromatic nitrogens is 5. The molecule has 5 rings (SSSR count). The van der Waals surface area contributed by atoms with Gasteiger partial charge in [-0.05, 0) is 31.9 Å². The van der Waals surface area contributed by atoms with Crippen molar-refractivity contribution in [2.24, 2.45) is 0 Å². The van der Waals surface area contributed by atoms with Crippen LogP contribution in [-0.4, -0.2) is 38.0 Å². The molecule has 4 heterocycles. The molecule has 0 aliphatic carbocycles. The maximum atomic E-state index is 12.2. The molecule has 2 N–H and O–H groups in total. The van der Waals surface area contributed by atoms with Crippen LogP contribution < -0.4 is 15.8 Å². The summed E-state index contributed by atoms with van der Waals surface area (Å²) in [4.78, 5) is 35.4. The minimum absolute atomic E-state index is 0.248. The van der Waals surface area contributed by atoms with Crippen molar-refractivity contribution in [2.45, 2.75) is 19.8 Å². The van der Waals surface area contributed by atoms with E-state index in [9.17, 15) is 4.79 Å². The molecule has 0 saturated carbocycles. The van der Waals surface area contributed by atoms with Gasteiger partial charge in [-0.25, -0.2) is 19.9 Å². The zero-order valence-corrected chi connectivity index (χ0v) is 16.7. The van der Waals surface area contributed by atoms with Gasteiger partial charge in [-0.2, -0.15) is 0 Å². The molecule has 1 saturated heterocycles. The smallest absolute Gasteiger partial charge is 0.252 e. The molecule has 0 radical (unpaired) electrons. The molecule has 0 bridgehead atoms. The maximum Gasteiger partial charge on any atom is 0.252 e. The minimum Gasteiger partial charge on any atom is -0.341 e. The molecule has 8 nitrogen and oxygen atoms in total. The molecule has 0 amide bonds. The number of H-pyrrole nitrogens is 1. The number of para-hydroxylation sites is 1. The summed E-state index contributed by atoms with van der Waals surface area (Å²) in [5.74, 6) is 1.08. The van der Waals surface area contributed by atoms with Gasteiger partial charge in [0.2, 0.25) is 11.9 Å². The first-order valence-electron chi connectivity index (χ1n) is 9.49. The predicted molar refractivity (Wildman–Crippen MR) is 115 cm³/mol. The Bertz CT molecular complexity index is 1210. The molecule has 3 aromatic heterocycles. The fourth-order valence-corrected chi connectivity index (χ4v) is 4.32. The number of hydrogen-bond donors (Lipinski definition) is 2. The highest BCUT2D eigenvalue weighted by molar-refractivity contribution is 7.22. The second-order valence-electron chi connectivity index (χ2n) is 6.95. The molecule has 0 unspecified atom stereocenters. The summed E-state index contributed by atoms with van der Waals surface area (Å²) in [6, 6.07) is 9.34. The van der Waals surface area contributed by atoms with Gasteiger partial charge in [-0.1, -0.05) is 23.5 Å². The van der Waals surface area contributed by atoms with E-state index in [0.717, 1.165) is 40.5 Å². The van der Waals surface area contributed by atoms with Gasteiger partial charge in [-0.3, -0.25) is 9.78 Å². The van der Waals surface area contributed by atoms with E-state index in [0.29, 0.717) is 16.8 Å². The highest BCUT2D eigenvalue weighted by atomic mass is 32.1. The Hall–Kier alpha value is -3.33. The van der Waals surface area contributed by atoms with Crippen molar-refractivity contribution in [2.75, 3.05) is 23.3 Å². The van der Waals surface area contributed by atoms with Crippen LogP contribution in [0.4, 0.5) is 17.0 Å². The number of hydrogen-bond acceptors (Lipinski definition) is 8. The average molecular weight is 405 g/mol. The van der Waals surface area contributed by atoms with Crippen LogP contribution in [0.3, 0.4) is 0 Å². The van der Waals surface area contributed by atoms with Crippen LogP contribution in [0, 0.1) is 6.92 Å². The molecule has 0 atom stereocenters. The number of aryl methyl sites for hydroxylation is 1. The lowest BCUT2D eigenvalue weighted by atomic mass is 10.2. The van der Waals surface area contributed by atoms with E-state index in [1.54, 1.807) is 6.20 Å². The second-order valence-corrected chi connectivity index (χ2v) is 7.98. The fraction of sp³-hybridized carbons (Fsp3) is 0.250. The van der Waals surface area contributed by atoms with E-state index < -0.39 is 0 Å². The molecule has 29 heavy (non-hydrogen) atoms. The maximum absolute atomic E-state index is 12.2. The molecular weight excluding hydrogens is 386 g/mol. The second kappa shape index (κ2) is 7.25. The number of fused-ring (bicyclic) bond motifs is 1. The standard InChI is InChI=1S/C20H19N7OS/c1-12-13(11-21-19(22-12)27-8-4-5-9-27)15-10-17(28)25-18(23-15)26-20-24-14-6-2-3-7-16(14)29-20/h2-3,6-7,10-11H,4-5,8-9H2,1H3,(H2,23,24,25,26,28). The predicted octanol–water partition coefficient (Wildman–Crippen LogP) is 3.49. The summed E-state index contributed by atoms with van der Waals surface area (Å²) in [5.41, 5.74) is 2.72. The van der Waals surface area contributed by atoms with Crippen molar-refractivity contribution < 1.29 is 0 Å². The Morgan fingerprint density at radius 3 is 2.76 bits per heavy atom. The van der Waals surface area contributed by atoms with Crippen molar-refractivity contribution in [1.82, 2.24) is 24.9 Å². The first-order valence-corrected chi connectivity index (χ1v) is 10.3. The van der Waals surface area contributed by atoms with E-state index >= 15 is 0 Å². The van der Waals surface area contributed by atoms with Crippen LogP contribution in [0.2, 0.25) is 0 Å². The van der Waals surface area contributed by atoms with Crippen molar-refractivity contribution in [3.05, 3.63) is 52.6 Å². The molecule has 1 aliphatic rings. The van der Waals surface area contributed by atoms with Gasteiger partial charge in [0, 0.05) is 30.9 Å². The van der Waals surface area contributed by atoms with E-state index in [1.807, 2.05) is 31.2 Å². The van der Waals surface area contributed by atoms with Gasteiger partial charge in [0.05, 0.1) is 21.6 Å². The average Bonchev–Trinajstić information content (AvgIpc) is 3.37. The highest BCUT2D eigenvalue weighted by Crippen LogP contribution is 2.28. The number of rotatable bonds is 4. The molecule has 146 valence electrons. The molecular formula is C20H19N7OS. The summed E-state index contributed by atoms with van der Waals surface area (Å²) in [6.07, 6.45) is 4.08. The van der Waals surface area contributed by atoms with E-state index in [-0.39, 0.29) is 5.56 Å². The van der Waals surface area contributed by atoms with Crippen molar-refractivity contribution in [3.63, 3.8) is 0 Å². The molecule has 4 aromatic rings. The van der Waals surface area contributed by atoms with Gasteiger partial charge in [0.15, 0.2) is 5.13 Å². The van der Waals surface area contributed by atoms with Gasteiger partial charge in [0.1, 0.15) is 0 Å². The number of anilines is 3. The zero-order chi connectivity index (χ0) is 19.8. The summed E-state index contributed by atoms with van der Waals surface area (Å²) in [5, 5.41) is 3.78. The molecule has 9 heteroatoms. The van der Waals surface area contributed by atoms with Crippen LogP contribution in [0.15, 0.2) is 41.3 Å². The summed E-state index contributed by atoms with van der Waals surface area (Å²) in [7, 11) is 0. The number of nitrogens with zero attached hydrogens (tertiary/aromatic N) is 5. The lowest BCUT2D eigenvalue weighted by Gasteiger charge is -2.16. The number of benzene rings is 1. The first-order chi connectivity index (χ1) is 14.2. The number of nitrogens with one attached hydrogen (secondary N) is 2. The van der Waals surface area contributed by atoms with Gasteiger partial charge in [0.25, 0.3) is 5.56 Å². The van der Waals surface area contributed by atoms with Gasteiger partial charge < -0.3 is 10.2 Å². The summed E-state index contributed by atoms with van der Waals surface area (Å²) >= 11 is 1.50.